The first kappa shape index (κ1) is 17.0. The number of hydrogen-bond acceptors (Lipinski definition) is 4. The number of amides is 3. The minimum absolute atomic E-state index is 0.0712. The Kier molecular flexibility index (Phi) is 5.02. The lowest BCUT2D eigenvalue weighted by molar-refractivity contribution is 0.0930. The molecule has 2 heterocycles. The average molecular weight is 342 g/mol. The Morgan fingerprint density at radius 1 is 1.40 bits per heavy atom. The zero-order valence-corrected chi connectivity index (χ0v) is 14.4. The van der Waals surface area contributed by atoms with Crippen molar-refractivity contribution in [3.05, 3.63) is 47.3 Å². The third-order valence-electron chi connectivity index (χ3n) is 4.27. The maximum atomic E-state index is 12.2. The molecule has 132 valence electrons. The number of anilines is 1. The van der Waals surface area contributed by atoms with Crippen LogP contribution in [0.25, 0.3) is 0 Å². The van der Waals surface area contributed by atoms with E-state index in [0.29, 0.717) is 18.7 Å². The van der Waals surface area contributed by atoms with E-state index in [1.165, 1.54) is 0 Å². The Balaban J connectivity index is 1.65. The summed E-state index contributed by atoms with van der Waals surface area (Å²) in [6.07, 6.45) is 1.62. The van der Waals surface area contributed by atoms with E-state index in [0.717, 1.165) is 24.2 Å². The molecule has 0 aliphatic carbocycles. The van der Waals surface area contributed by atoms with E-state index in [-0.39, 0.29) is 23.7 Å². The lowest BCUT2D eigenvalue weighted by atomic mass is 10.1. The number of nitrogens with one attached hydrogen (secondary N) is 2. The molecule has 1 aromatic heterocycles. The molecule has 1 atom stereocenters. The van der Waals surface area contributed by atoms with Crippen LogP contribution in [0.3, 0.4) is 0 Å². The fourth-order valence-electron chi connectivity index (χ4n) is 2.76. The summed E-state index contributed by atoms with van der Waals surface area (Å²) in [5.41, 5.74) is 2.09. The summed E-state index contributed by atoms with van der Waals surface area (Å²) in [5, 5.41) is 9.52. The predicted octanol–water partition coefficient (Wildman–Crippen LogP) is 2.65. The first-order chi connectivity index (χ1) is 12.1. The van der Waals surface area contributed by atoms with Crippen molar-refractivity contribution in [1.29, 1.82) is 0 Å². The highest BCUT2D eigenvalue weighted by Gasteiger charge is 2.20. The highest BCUT2D eigenvalue weighted by Crippen LogP contribution is 2.21. The van der Waals surface area contributed by atoms with Crippen LogP contribution in [-0.4, -0.2) is 30.2 Å². The highest BCUT2D eigenvalue weighted by atomic mass is 16.5. The molecule has 0 spiro atoms. The van der Waals surface area contributed by atoms with Gasteiger partial charge in [0.25, 0.3) is 5.91 Å². The van der Waals surface area contributed by atoms with Crippen molar-refractivity contribution in [3.8, 4) is 0 Å². The predicted molar refractivity (Wildman–Crippen MR) is 93.6 cm³/mol. The summed E-state index contributed by atoms with van der Waals surface area (Å²) >= 11 is 0. The van der Waals surface area contributed by atoms with Gasteiger partial charge in [-0.25, -0.2) is 4.79 Å². The molecule has 0 saturated carbocycles. The highest BCUT2D eigenvalue weighted by molar-refractivity contribution is 5.93. The largest absolute Gasteiger partial charge is 0.361 e. The number of benzene rings is 1. The fourth-order valence-corrected chi connectivity index (χ4v) is 2.76. The molecule has 3 rings (SSSR count). The Morgan fingerprint density at radius 2 is 2.16 bits per heavy atom. The Labute approximate surface area is 146 Å². The van der Waals surface area contributed by atoms with Gasteiger partial charge in [0.1, 0.15) is 5.76 Å². The molecular weight excluding hydrogens is 320 g/mol. The van der Waals surface area contributed by atoms with Crippen LogP contribution in [0.4, 0.5) is 10.5 Å². The number of urea groups is 1. The third kappa shape index (κ3) is 3.81. The Morgan fingerprint density at radius 3 is 2.80 bits per heavy atom. The summed E-state index contributed by atoms with van der Waals surface area (Å²) in [6, 6.07) is 9.03. The summed E-state index contributed by atoms with van der Waals surface area (Å²) in [5.74, 6) is 0.414. The van der Waals surface area contributed by atoms with Crippen LogP contribution in [0.15, 0.2) is 34.9 Å². The second-order valence-electron chi connectivity index (χ2n) is 6.06. The van der Waals surface area contributed by atoms with Gasteiger partial charge in [0.2, 0.25) is 0 Å². The number of nitrogens with zero attached hydrogens (tertiary/aromatic N) is 2. The van der Waals surface area contributed by atoms with E-state index < -0.39 is 0 Å². The number of hydrogen-bond donors (Lipinski definition) is 2. The number of carbonyl (C=O) groups excluding carboxylic acids is 2. The molecule has 1 aliphatic rings. The zero-order valence-electron chi connectivity index (χ0n) is 14.4. The molecule has 1 fully saturated rings. The van der Waals surface area contributed by atoms with Crippen LogP contribution >= 0.6 is 0 Å². The SMILES string of the molecule is CCc1cc(C(=O)NC(C)c2ccc(N3CCCNC3=O)cc2)no1. The number of rotatable bonds is 5. The van der Waals surface area contributed by atoms with Gasteiger partial charge < -0.3 is 15.2 Å². The normalized spacial score (nSPS) is 15.6. The average Bonchev–Trinajstić information content (AvgIpc) is 3.11. The summed E-state index contributed by atoms with van der Waals surface area (Å²) in [6.45, 7) is 5.28. The van der Waals surface area contributed by atoms with Crippen LogP contribution < -0.4 is 15.5 Å². The van der Waals surface area contributed by atoms with E-state index in [2.05, 4.69) is 15.8 Å². The Bertz CT molecular complexity index is 754. The van der Waals surface area contributed by atoms with E-state index in [9.17, 15) is 9.59 Å². The van der Waals surface area contributed by atoms with Crippen LogP contribution in [0.5, 0.6) is 0 Å². The standard InChI is InChI=1S/C18H22N4O3/c1-3-15-11-16(21-25-15)17(23)20-12(2)13-5-7-14(8-6-13)22-10-4-9-19-18(22)24/h5-8,11-12H,3-4,9-10H2,1-2H3,(H,19,24)(H,20,23). The first-order valence-corrected chi connectivity index (χ1v) is 8.50. The van der Waals surface area contributed by atoms with Gasteiger partial charge in [-0.15, -0.1) is 0 Å². The summed E-state index contributed by atoms with van der Waals surface area (Å²) < 4.78 is 5.06. The van der Waals surface area contributed by atoms with Crippen LogP contribution in [0.2, 0.25) is 0 Å². The van der Waals surface area contributed by atoms with Crippen molar-refractivity contribution in [2.45, 2.75) is 32.7 Å². The maximum absolute atomic E-state index is 12.2. The lowest BCUT2D eigenvalue weighted by Crippen LogP contribution is -2.46. The molecule has 0 radical (unpaired) electrons. The Hall–Kier alpha value is -2.83. The van der Waals surface area contributed by atoms with Crippen molar-refractivity contribution < 1.29 is 14.1 Å². The summed E-state index contributed by atoms with van der Waals surface area (Å²) in [7, 11) is 0. The van der Waals surface area contributed by atoms with Crippen LogP contribution in [0, 0.1) is 0 Å². The molecular formula is C18H22N4O3. The molecule has 1 aromatic carbocycles. The van der Waals surface area contributed by atoms with Gasteiger partial charge in [-0.1, -0.05) is 24.2 Å². The van der Waals surface area contributed by atoms with E-state index in [1.807, 2.05) is 38.1 Å². The van der Waals surface area contributed by atoms with E-state index in [1.54, 1.807) is 11.0 Å². The van der Waals surface area contributed by atoms with Gasteiger partial charge in [-0.05, 0) is 31.0 Å². The molecule has 7 heteroatoms. The van der Waals surface area contributed by atoms with Gasteiger partial charge in [0.15, 0.2) is 5.69 Å². The zero-order chi connectivity index (χ0) is 17.8. The topological polar surface area (TPSA) is 87.5 Å². The lowest BCUT2D eigenvalue weighted by Gasteiger charge is -2.27. The minimum Gasteiger partial charge on any atom is -0.361 e. The van der Waals surface area contributed by atoms with Gasteiger partial charge in [0, 0.05) is 31.3 Å². The molecule has 25 heavy (non-hydrogen) atoms. The molecule has 1 unspecified atom stereocenters. The van der Waals surface area contributed by atoms with Gasteiger partial charge >= 0.3 is 6.03 Å². The van der Waals surface area contributed by atoms with Crippen LogP contribution in [0.1, 0.15) is 48.1 Å². The van der Waals surface area contributed by atoms with Gasteiger partial charge in [0.05, 0.1) is 6.04 Å². The summed E-state index contributed by atoms with van der Waals surface area (Å²) in [4.78, 5) is 25.8. The quantitative estimate of drug-likeness (QED) is 0.874. The molecule has 2 aromatic rings. The van der Waals surface area contributed by atoms with Crippen LogP contribution in [-0.2, 0) is 6.42 Å². The number of aromatic nitrogens is 1. The van der Waals surface area contributed by atoms with Crippen molar-refractivity contribution in [1.82, 2.24) is 15.8 Å². The van der Waals surface area contributed by atoms with E-state index >= 15 is 0 Å². The molecule has 0 bridgehead atoms. The smallest absolute Gasteiger partial charge is 0.321 e. The number of aryl methyl sites for hydroxylation is 1. The van der Waals surface area contributed by atoms with Crippen molar-refractivity contribution in [2.24, 2.45) is 0 Å². The van der Waals surface area contributed by atoms with Crippen molar-refractivity contribution in [2.75, 3.05) is 18.0 Å². The second-order valence-corrected chi connectivity index (χ2v) is 6.06. The molecule has 3 amide bonds. The van der Waals surface area contributed by atoms with Gasteiger partial charge in [-0.3, -0.25) is 9.69 Å². The maximum Gasteiger partial charge on any atom is 0.321 e. The monoisotopic (exact) mass is 342 g/mol. The second kappa shape index (κ2) is 7.38. The molecule has 1 aliphatic heterocycles. The molecule has 1 saturated heterocycles. The fraction of sp³-hybridized carbons (Fsp3) is 0.389. The minimum atomic E-state index is -0.268. The third-order valence-corrected chi connectivity index (χ3v) is 4.27. The van der Waals surface area contributed by atoms with Crippen molar-refractivity contribution in [3.63, 3.8) is 0 Å². The molecule has 7 nitrogen and oxygen atoms in total. The first-order valence-electron chi connectivity index (χ1n) is 8.50. The molecule has 2 N–H and O–H groups in total. The number of carbonyl (C=O) groups is 2. The van der Waals surface area contributed by atoms with Crippen molar-refractivity contribution >= 4 is 17.6 Å². The van der Waals surface area contributed by atoms with Gasteiger partial charge in [-0.2, -0.15) is 0 Å². The van der Waals surface area contributed by atoms with E-state index in [4.69, 9.17) is 4.52 Å².